The van der Waals surface area contributed by atoms with E-state index in [-0.39, 0.29) is 18.1 Å². The summed E-state index contributed by atoms with van der Waals surface area (Å²) in [5.74, 6) is 0.392. The number of carbonyl (C=O) groups is 1. The normalized spacial score (nSPS) is 15.9. The quantitative estimate of drug-likeness (QED) is 0.849. The van der Waals surface area contributed by atoms with Crippen LogP contribution in [0.25, 0.3) is 0 Å². The molecule has 1 aromatic carbocycles. The van der Waals surface area contributed by atoms with E-state index in [1.165, 1.54) is 6.20 Å². The lowest BCUT2D eigenvalue weighted by atomic mass is 10.0. The van der Waals surface area contributed by atoms with Gasteiger partial charge in [0.25, 0.3) is 0 Å². The maximum Gasteiger partial charge on any atom is 0.345 e. The summed E-state index contributed by atoms with van der Waals surface area (Å²) in [5, 5.41) is 10.7. The van der Waals surface area contributed by atoms with E-state index >= 15 is 0 Å². The molecule has 0 amide bonds. The minimum absolute atomic E-state index is 0.102. The molecule has 0 spiro atoms. The fourth-order valence-electron chi connectivity index (χ4n) is 2.80. The molecule has 1 saturated carbocycles. The van der Waals surface area contributed by atoms with Crippen molar-refractivity contribution in [3.05, 3.63) is 47.9 Å². The second-order valence-corrected chi connectivity index (χ2v) is 5.79. The molecule has 0 radical (unpaired) electrons. The second-order valence-electron chi connectivity index (χ2n) is 5.79. The first-order valence-electron chi connectivity index (χ1n) is 8.12. The van der Waals surface area contributed by atoms with Crippen LogP contribution in [-0.2, 0) is 10.3 Å². The number of aromatic nitrogens is 2. The summed E-state index contributed by atoms with van der Waals surface area (Å²) in [6, 6.07) is 9.05. The van der Waals surface area contributed by atoms with Crippen molar-refractivity contribution in [1.29, 1.82) is 0 Å². The van der Waals surface area contributed by atoms with Crippen LogP contribution in [0.4, 0.5) is 0 Å². The number of benzene rings is 1. The molecule has 0 aliphatic heterocycles. The van der Waals surface area contributed by atoms with Crippen LogP contribution in [0, 0.1) is 0 Å². The van der Waals surface area contributed by atoms with Crippen LogP contribution >= 0.6 is 0 Å². The molecule has 6 nitrogen and oxygen atoms in total. The van der Waals surface area contributed by atoms with Gasteiger partial charge >= 0.3 is 5.97 Å². The number of hydrogen-bond donors (Lipinski definition) is 1. The molecule has 2 aromatic rings. The highest BCUT2D eigenvalue weighted by molar-refractivity contribution is 5.91. The van der Waals surface area contributed by atoms with E-state index in [9.17, 15) is 9.90 Å². The Bertz CT molecular complexity index is 712. The Kier molecular flexibility index (Phi) is 4.76. The molecule has 0 atom stereocenters. The third-order valence-corrected chi connectivity index (χ3v) is 4.05. The smallest absolute Gasteiger partial charge is 0.345 e. The van der Waals surface area contributed by atoms with E-state index in [1.807, 2.05) is 18.2 Å². The Balaban J connectivity index is 1.98. The lowest BCUT2D eigenvalue weighted by molar-refractivity contribution is 0.0339. The van der Waals surface area contributed by atoms with E-state index in [0.29, 0.717) is 24.4 Å². The number of esters is 1. The number of nitrogens with zero attached hydrogens (tertiary/aromatic N) is 2. The Morgan fingerprint density at radius 3 is 2.62 bits per heavy atom. The van der Waals surface area contributed by atoms with E-state index < -0.39 is 11.6 Å². The number of para-hydroxylation sites is 1. The molecule has 24 heavy (non-hydrogen) atoms. The number of aliphatic hydroxyl groups is 1. The molecule has 126 valence electrons. The zero-order chi connectivity index (χ0) is 17.0. The molecule has 1 aromatic heterocycles. The average molecular weight is 328 g/mol. The predicted molar refractivity (Wildman–Crippen MR) is 86.9 cm³/mol. The first kappa shape index (κ1) is 16.4. The van der Waals surface area contributed by atoms with E-state index in [2.05, 4.69) is 9.97 Å². The Morgan fingerprint density at radius 1 is 1.25 bits per heavy atom. The molecule has 3 rings (SSSR count). The standard InChI is InChI=1S/C18H20N2O4/c1-2-23-16(21)14-12-19-17(18(22)10-6-7-11-18)20-15(14)24-13-8-4-3-5-9-13/h3-5,8-9,12,22H,2,6-7,10-11H2,1H3. The van der Waals surface area contributed by atoms with Crippen molar-refractivity contribution in [3.63, 3.8) is 0 Å². The number of hydrogen-bond acceptors (Lipinski definition) is 6. The second kappa shape index (κ2) is 6.97. The van der Waals surface area contributed by atoms with Gasteiger partial charge in [0.15, 0.2) is 5.82 Å². The van der Waals surface area contributed by atoms with Crippen molar-refractivity contribution in [1.82, 2.24) is 9.97 Å². The van der Waals surface area contributed by atoms with Gasteiger partial charge in [-0.1, -0.05) is 18.2 Å². The summed E-state index contributed by atoms with van der Waals surface area (Å²) < 4.78 is 10.8. The van der Waals surface area contributed by atoms with Crippen molar-refractivity contribution in [3.8, 4) is 11.6 Å². The number of carbonyl (C=O) groups excluding carboxylic acids is 1. The van der Waals surface area contributed by atoms with Crippen molar-refractivity contribution in [2.75, 3.05) is 6.61 Å². The molecule has 1 fully saturated rings. The highest BCUT2D eigenvalue weighted by Crippen LogP contribution is 2.38. The van der Waals surface area contributed by atoms with Gasteiger partial charge < -0.3 is 14.6 Å². The molecule has 0 saturated heterocycles. The van der Waals surface area contributed by atoms with Crippen molar-refractivity contribution < 1.29 is 19.4 Å². The lowest BCUT2D eigenvalue weighted by Crippen LogP contribution is -2.25. The fourth-order valence-corrected chi connectivity index (χ4v) is 2.80. The predicted octanol–water partition coefficient (Wildman–Crippen LogP) is 3.21. The summed E-state index contributed by atoms with van der Waals surface area (Å²) in [4.78, 5) is 20.7. The van der Waals surface area contributed by atoms with Gasteiger partial charge in [0.05, 0.1) is 6.61 Å². The van der Waals surface area contributed by atoms with Gasteiger partial charge in [-0.2, -0.15) is 4.98 Å². The first-order chi connectivity index (χ1) is 11.6. The Hall–Kier alpha value is -2.47. The molecule has 0 unspecified atom stereocenters. The minimum Gasteiger partial charge on any atom is -0.462 e. The molecule has 6 heteroatoms. The highest BCUT2D eigenvalue weighted by Gasteiger charge is 2.37. The van der Waals surface area contributed by atoms with Gasteiger partial charge in [-0.25, -0.2) is 9.78 Å². The monoisotopic (exact) mass is 328 g/mol. The third kappa shape index (κ3) is 3.38. The number of rotatable bonds is 5. The van der Waals surface area contributed by atoms with Crippen LogP contribution in [0.15, 0.2) is 36.5 Å². The van der Waals surface area contributed by atoms with Crippen molar-refractivity contribution in [2.45, 2.75) is 38.2 Å². The SMILES string of the molecule is CCOC(=O)c1cnc(C2(O)CCCC2)nc1Oc1ccccc1. The Labute approximate surface area is 140 Å². The van der Waals surface area contributed by atoms with Gasteiger partial charge in [-0.3, -0.25) is 0 Å². The molecule has 1 N–H and O–H groups in total. The van der Waals surface area contributed by atoms with Crippen molar-refractivity contribution >= 4 is 5.97 Å². The topological polar surface area (TPSA) is 81.5 Å². The van der Waals surface area contributed by atoms with Crippen LogP contribution in [0.5, 0.6) is 11.6 Å². The van der Waals surface area contributed by atoms with Gasteiger partial charge in [0.2, 0.25) is 5.88 Å². The van der Waals surface area contributed by atoms with Gasteiger partial charge in [-0.05, 0) is 44.7 Å². The molecule has 0 bridgehead atoms. The van der Waals surface area contributed by atoms with Crippen LogP contribution in [0.2, 0.25) is 0 Å². The molecule has 1 aliphatic carbocycles. The van der Waals surface area contributed by atoms with Gasteiger partial charge in [0, 0.05) is 6.20 Å². The largest absolute Gasteiger partial charge is 0.462 e. The maximum atomic E-state index is 12.1. The average Bonchev–Trinajstić information content (AvgIpc) is 3.04. The zero-order valence-corrected chi connectivity index (χ0v) is 13.6. The van der Waals surface area contributed by atoms with Crippen LogP contribution in [0.1, 0.15) is 48.8 Å². The minimum atomic E-state index is -1.05. The van der Waals surface area contributed by atoms with Crippen LogP contribution < -0.4 is 4.74 Å². The Morgan fingerprint density at radius 2 is 1.96 bits per heavy atom. The van der Waals surface area contributed by atoms with E-state index in [0.717, 1.165) is 12.8 Å². The maximum absolute atomic E-state index is 12.1. The zero-order valence-electron chi connectivity index (χ0n) is 13.6. The molecular weight excluding hydrogens is 308 g/mol. The summed E-state index contributed by atoms with van der Waals surface area (Å²) >= 11 is 0. The molecular formula is C18H20N2O4. The fraction of sp³-hybridized carbons (Fsp3) is 0.389. The summed E-state index contributed by atoms with van der Waals surface area (Å²) in [7, 11) is 0. The third-order valence-electron chi connectivity index (χ3n) is 4.05. The lowest BCUT2D eigenvalue weighted by Gasteiger charge is -2.21. The number of ether oxygens (including phenoxy) is 2. The highest BCUT2D eigenvalue weighted by atomic mass is 16.5. The van der Waals surface area contributed by atoms with Crippen molar-refractivity contribution in [2.24, 2.45) is 0 Å². The van der Waals surface area contributed by atoms with Gasteiger partial charge in [-0.15, -0.1) is 0 Å². The van der Waals surface area contributed by atoms with E-state index in [4.69, 9.17) is 9.47 Å². The summed E-state index contributed by atoms with van der Waals surface area (Å²) in [5.41, 5.74) is -0.909. The first-order valence-corrected chi connectivity index (χ1v) is 8.12. The van der Waals surface area contributed by atoms with E-state index in [1.54, 1.807) is 19.1 Å². The van der Waals surface area contributed by atoms with Crippen LogP contribution in [-0.4, -0.2) is 27.7 Å². The van der Waals surface area contributed by atoms with Crippen LogP contribution in [0.3, 0.4) is 0 Å². The van der Waals surface area contributed by atoms with Gasteiger partial charge in [0.1, 0.15) is 16.9 Å². The summed E-state index contributed by atoms with van der Waals surface area (Å²) in [6.45, 7) is 1.97. The molecule has 1 aliphatic rings. The summed E-state index contributed by atoms with van der Waals surface area (Å²) in [6.07, 6.45) is 4.44. The molecule has 1 heterocycles.